The molecule has 6 nitrogen and oxygen atoms in total. The molecule has 7 heteroatoms. The molecule has 1 atom stereocenters. The predicted molar refractivity (Wildman–Crippen MR) is 133 cm³/mol. The number of carbonyl (C=O) groups is 3. The van der Waals surface area contributed by atoms with Gasteiger partial charge in [-0.05, 0) is 89.9 Å². The van der Waals surface area contributed by atoms with Crippen molar-refractivity contribution in [3.05, 3.63) is 0 Å². The van der Waals surface area contributed by atoms with E-state index in [9.17, 15) is 14.4 Å². The van der Waals surface area contributed by atoms with Crippen LogP contribution in [-0.2, 0) is 14.3 Å². The fourth-order valence-electron chi connectivity index (χ4n) is 6.30. The van der Waals surface area contributed by atoms with E-state index >= 15 is 0 Å². The summed E-state index contributed by atoms with van der Waals surface area (Å²) in [5.41, 5.74) is -0.682. The van der Waals surface area contributed by atoms with Crippen LogP contribution < -0.4 is 10.6 Å². The molecule has 4 aliphatic rings. The Kier molecular flexibility index (Phi) is 8.79. The minimum absolute atomic E-state index is 0.0608. The summed E-state index contributed by atoms with van der Waals surface area (Å²) >= 11 is 1.40. The van der Waals surface area contributed by atoms with E-state index in [2.05, 4.69) is 10.6 Å². The molecule has 4 bridgehead atoms. The van der Waals surface area contributed by atoms with Crippen LogP contribution in [0.4, 0.5) is 4.79 Å². The first-order valence-electron chi connectivity index (χ1n) is 12.9. The molecule has 0 spiro atoms. The number of thioether (sulfide) groups is 1. The number of nitrogens with one attached hydrogen (secondary N) is 2. The molecule has 4 fully saturated rings. The first-order chi connectivity index (χ1) is 15.4. The SMILES string of the molecule is CC(C)C(=O)SCCCCC[C@H](NC(=O)OC(C)(C)C)C(=O)NC12CC3CC(CC(C3)C1)C2. The standard InChI is InChI=1S/C26H44N2O4S/c1-17(2)23(30)33-10-8-6-7-9-21(27-24(31)32-25(3,4)5)22(29)28-26-14-18-11-19(15-26)13-20(12-18)16-26/h17-21H,6-16H2,1-5H3,(H,27,31)(H,28,29)/t18?,19?,20?,21-,26?/m0/s1. The minimum Gasteiger partial charge on any atom is -0.444 e. The molecule has 4 saturated carbocycles. The lowest BCUT2D eigenvalue weighted by Gasteiger charge is -2.57. The molecule has 0 aliphatic heterocycles. The van der Waals surface area contributed by atoms with Gasteiger partial charge in [0.05, 0.1) is 0 Å². The number of hydrogen-bond donors (Lipinski definition) is 2. The topological polar surface area (TPSA) is 84.5 Å². The lowest BCUT2D eigenvalue weighted by atomic mass is 9.53. The molecule has 0 saturated heterocycles. The highest BCUT2D eigenvalue weighted by Gasteiger charge is 2.51. The zero-order valence-electron chi connectivity index (χ0n) is 21.2. The summed E-state index contributed by atoms with van der Waals surface area (Å²) in [5, 5.41) is 6.49. The molecule has 4 rings (SSSR count). The summed E-state index contributed by atoms with van der Waals surface area (Å²) in [6, 6.07) is -0.585. The highest BCUT2D eigenvalue weighted by Crippen LogP contribution is 2.55. The van der Waals surface area contributed by atoms with Crippen LogP contribution in [-0.4, -0.2) is 40.1 Å². The first-order valence-corrected chi connectivity index (χ1v) is 13.9. The van der Waals surface area contributed by atoms with Crippen LogP contribution in [0.3, 0.4) is 0 Å². The van der Waals surface area contributed by atoms with Gasteiger partial charge in [-0.15, -0.1) is 0 Å². The number of unbranched alkanes of at least 4 members (excludes halogenated alkanes) is 2. The predicted octanol–water partition coefficient (Wildman–Crippen LogP) is 5.44. The van der Waals surface area contributed by atoms with Gasteiger partial charge in [0.2, 0.25) is 5.91 Å². The molecule has 0 radical (unpaired) electrons. The molecule has 33 heavy (non-hydrogen) atoms. The maximum atomic E-state index is 13.4. The van der Waals surface area contributed by atoms with Crippen molar-refractivity contribution in [2.75, 3.05) is 5.75 Å². The fraction of sp³-hybridized carbons (Fsp3) is 0.885. The van der Waals surface area contributed by atoms with Gasteiger partial charge < -0.3 is 15.4 Å². The molecule has 4 aliphatic carbocycles. The van der Waals surface area contributed by atoms with Crippen molar-refractivity contribution in [1.82, 2.24) is 10.6 Å². The van der Waals surface area contributed by atoms with Crippen molar-refractivity contribution < 1.29 is 19.1 Å². The summed E-state index contributed by atoms with van der Waals surface area (Å²) in [4.78, 5) is 37.6. The van der Waals surface area contributed by atoms with Crippen LogP contribution in [0.5, 0.6) is 0 Å². The summed E-state index contributed by atoms with van der Waals surface area (Å²) < 4.78 is 5.43. The van der Waals surface area contributed by atoms with E-state index in [1.807, 2.05) is 34.6 Å². The second-order valence-electron chi connectivity index (χ2n) is 12.1. The average Bonchev–Trinajstić information content (AvgIpc) is 2.66. The van der Waals surface area contributed by atoms with Gasteiger partial charge in [-0.1, -0.05) is 38.5 Å². The highest BCUT2D eigenvalue weighted by atomic mass is 32.2. The Balaban J connectivity index is 1.53. The third kappa shape index (κ3) is 7.90. The molecule has 0 aromatic rings. The maximum Gasteiger partial charge on any atom is 0.408 e. The molecule has 188 valence electrons. The van der Waals surface area contributed by atoms with Gasteiger partial charge in [-0.2, -0.15) is 0 Å². The summed E-state index contributed by atoms with van der Waals surface area (Å²) in [6.07, 6.45) is 9.97. The number of alkyl carbamates (subject to hydrolysis) is 1. The van der Waals surface area contributed by atoms with Crippen molar-refractivity contribution in [2.45, 2.75) is 116 Å². The van der Waals surface area contributed by atoms with E-state index in [1.54, 1.807) is 0 Å². The van der Waals surface area contributed by atoms with Crippen molar-refractivity contribution in [2.24, 2.45) is 23.7 Å². The second-order valence-corrected chi connectivity index (χ2v) is 13.2. The lowest BCUT2D eigenvalue weighted by Crippen LogP contribution is -2.62. The van der Waals surface area contributed by atoms with E-state index in [1.165, 1.54) is 31.0 Å². The molecule has 2 amide bonds. The summed E-state index contributed by atoms with van der Waals surface area (Å²) in [5.74, 6) is 3.05. The third-order valence-corrected chi connectivity index (χ3v) is 8.54. The number of hydrogen-bond acceptors (Lipinski definition) is 5. The third-order valence-electron chi connectivity index (χ3n) is 7.29. The summed E-state index contributed by atoms with van der Waals surface area (Å²) in [6.45, 7) is 9.32. The van der Waals surface area contributed by atoms with Gasteiger partial charge >= 0.3 is 6.09 Å². The van der Waals surface area contributed by atoms with Crippen molar-refractivity contribution in [3.63, 3.8) is 0 Å². The van der Waals surface area contributed by atoms with E-state index in [0.29, 0.717) is 6.42 Å². The van der Waals surface area contributed by atoms with Crippen LogP contribution in [0.25, 0.3) is 0 Å². The van der Waals surface area contributed by atoms with Crippen LogP contribution in [0.1, 0.15) is 98.8 Å². The Morgan fingerprint density at radius 3 is 2.06 bits per heavy atom. The van der Waals surface area contributed by atoms with Gasteiger partial charge in [0.1, 0.15) is 11.6 Å². The Hall–Kier alpha value is -1.24. The normalized spacial score (nSPS) is 29.1. The van der Waals surface area contributed by atoms with E-state index in [4.69, 9.17) is 4.74 Å². The van der Waals surface area contributed by atoms with Crippen molar-refractivity contribution >= 4 is 28.9 Å². The zero-order chi connectivity index (χ0) is 24.2. The van der Waals surface area contributed by atoms with Gasteiger partial charge in [-0.25, -0.2) is 4.79 Å². The molecule has 0 unspecified atom stereocenters. The lowest BCUT2D eigenvalue weighted by molar-refractivity contribution is -0.129. The van der Waals surface area contributed by atoms with Gasteiger partial charge in [-0.3, -0.25) is 9.59 Å². The number of ether oxygens (including phenoxy) is 1. The smallest absolute Gasteiger partial charge is 0.408 e. The number of carbonyl (C=O) groups excluding carboxylic acids is 3. The van der Waals surface area contributed by atoms with Crippen LogP contribution in [0.15, 0.2) is 0 Å². The van der Waals surface area contributed by atoms with E-state index in [0.717, 1.165) is 62.0 Å². The molecular weight excluding hydrogens is 436 g/mol. The fourth-order valence-corrected chi connectivity index (χ4v) is 7.18. The second kappa shape index (κ2) is 11.0. The molecule has 0 aromatic carbocycles. The molecular formula is C26H44N2O4S. The Bertz CT molecular complexity index is 680. The highest BCUT2D eigenvalue weighted by molar-refractivity contribution is 8.13. The van der Waals surface area contributed by atoms with Gasteiger partial charge in [0.15, 0.2) is 5.12 Å². The van der Waals surface area contributed by atoms with Crippen molar-refractivity contribution in [3.8, 4) is 0 Å². The number of amides is 2. The Labute approximate surface area is 204 Å². The van der Waals surface area contributed by atoms with Crippen LogP contribution >= 0.6 is 11.8 Å². The summed E-state index contributed by atoms with van der Waals surface area (Å²) in [7, 11) is 0. The molecule has 2 N–H and O–H groups in total. The van der Waals surface area contributed by atoms with E-state index in [-0.39, 0.29) is 22.5 Å². The van der Waals surface area contributed by atoms with Gasteiger partial charge in [0.25, 0.3) is 0 Å². The van der Waals surface area contributed by atoms with E-state index < -0.39 is 17.7 Å². The average molecular weight is 481 g/mol. The minimum atomic E-state index is -0.606. The van der Waals surface area contributed by atoms with Crippen LogP contribution in [0.2, 0.25) is 0 Å². The van der Waals surface area contributed by atoms with Crippen LogP contribution in [0, 0.1) is 23.7 Å². The Morgan fingerprint density at radius 2 is 1.55 bits per heavy atom. The van der Waals surface area contributed by atoms with Crippen molar-refractivity contribution in [1.29, 1.82) is 0 Å². The quantitative estimate of drug-likeness (QED) is 0.407. The van der Waals surface area contributed by atoms with Gasteiger partial charge in [0, 0.05) is 17.2 Å². The zero-order valence-corrected chi connectivity index (χ0v) is 22.0. The first kappa shape index (κ1) is 26.4. The maximum absolute atomic E-state index is 13.4. The molecule has 0 aromatic heterocycles. The monoisotopic (exact) mass is 480 g/mol. The Morgan fingerprint density at radius 1 is 0.970 bits per heavy atom. The number of rotatable bonds is 10. The molecule has 0 heterocycles. The largest absolute Gasteiger partial charge is 0.444 e.